The first-order chi connectivity index (χ1) is 13.0. The predicted molar refractivity (Wildman–Crippen MR) is 102 cm³/mol. The zero-order chi connectivity index (χ0) is 19.4. The summed E-state index contributed by atoms with van der Waals surface area (Å²) in [5.41, 5.74) is 1.44. The first-order valence-electron chi connectivity index (χ1n) is 8.41. The van der Waals surface area contributed by atoms with Crippen molar-refractivity contribution in [2.45, 2.75) is 13.0 Å². The molecule has 2 aromatic carbocycles. The molecule has 0 bridgehead atoms. The number of urea groups is 1. The molecule has 7 nitrogen and oxygen atoms in total. The number of nitrogens with one attached hydrogen (secondary N) is 1. The van der Waals surface area contributed by atoms with Crippen molar-refractivity contribution >= 4 is 29.2 Å². The van der Waals surface area contributed by atoms with Gasteiger partial charge in [-0.15, -0.1) is 0 Å². The van der Waals surface area contributed by atoms with Crippen molar-refractivity contribution in [3.8, 4) is 11.5 Å². The fourth-order valence-corrected chi connectivity index (χ4v) is 2.87. The Morgan fingerprint density at radius 3 is 2.81 bits per heavy atom. The molecule has 27 heavy (non-hydrogen) atoms. The van der Waals surface area contributed by atoms with E-state index in [-0.39, 0.29) is 24.9 Å². The molecule has 3 amide bonds. The van der Waals surface area contributed by atoms with E-state index >= 15 is 0 Å². The molecule has 0 saturated carbocycles. The van der Waals surface area contributed by atoms with Gasteiger partial charge in [-0.1, -0.05) is 29.8 Å². The second-order valence-corrected chi connectivity index (χ2v) is 6.40. The first-order valence-corrected chi connectivity index (χ1v) is 8.78. The van der Waals surface area contributed by atoms with E-state index in [2.05, 4.69) is 5.32 Å². The summed E-state index contributed by atoms with van der Waals surface area (Å²) in [5, 5.41) is 4.39. The van der Waals surface area contributed by atoms with Gasteiger partial charge in [0.2, 0.25) is 5.91 Å². The number of anilines is 1. The molecule has 3 rings (SSSR count). The van der Waals surface area contributed by atoms with Crippen LogP contribution in [-0.4, -0.2) is 37.7 Å². The maximum Gasteiger partial charge on any atom is 0.322 e. The Balaban J connectivity index is 1.80. The van der Waals surface area contributed by atoms with E-state index in [1.807, 2.05) is 24.3 Å². The van der Waals surface area contributed by atoms with E-state index in [0.29, 0.717) is 28.8 Å². The highest BCUT2D eigenvalue weighted by Crippen LogP contribution is 2.40. The first kappa shape index (κ1) is 19.0. The lowest BCUT2D eigenvalue weighted by molar-refractivity contribution is -0.168. The van der Waals surface area contributed by atoms with Crippen LogP contribution in [0.15, 0.2) is 42.5 Å². The average Bonchev–Trinajstić information content (AvgIpc) is 2.83. The number of carbonyl (C=O) groups excluding carboxylic acids is 2. The number of nitrogens with zero attached hydrogens (tertiary/aromatic N) is 2. The lowest BCUT2D eigenvalue weighted by atomic mass is 10.2. The van der Waals surface area contributed by atoms with Crippen molar-refractivity contribution in [2.75, 3.05) is 25.6 Å². The fourth-order valence-electron chi connectivity index (χ4n) is 2.71. The number of fused-ring (bicyclic) bond motifs is 2. The van der Waals surface area contributed by atoms with E-state index in [0.717, 1.165) is 10.6 Å². The standard InChI is InChI=1S/C19H20ClN3O4/c1-22(26-2)18(24)9-10-21-19(25)23-12-13-5-3-4-6-16(13)27-17-8-7-14(20)11-15(17)23/h3-8,11H,9-10,12H2,1-2H3,(H,21,25). The number of carbonyl (C=O) groups is 2. The van der Waals surface area contributed by atoms with E-state index in [1.54, 1.807) is 23.1 Å². The minimum absolute atomic E-state index is 0.124. The molecule has 0 aromatic heterocycles. The molecule has 8 heteroatoms. The average molecular weight is 390 g/mol. The van der Waals surface area contributed by atoms with Gasteiger partial charge in [0.05, 0.1) is 19.3 Å². The number of benzene rings is 2. The largest absolute Gasteiger partial charge is 0.455 e. The Morgan fingerprint density at radius 2 is 2.04 bits per heavy atom. The van der Waals surface area contributed by atoms with Crippen molar-refractivity contribution < 1.29 is 19.2 Å². The minimum atomic E-state index is -0.341. The van der Waals surface area contributed by atoms with Crippen LogP contribution in [0.2, 0.25) is 5.02 Å². The summed E-state index contributed by atoms with van der Waals surface area (Å²) in [6, 6.07) is 12.3. The van der Waals surface area contributed by atoms with Crippen molar-refractivity contribution in [3.63, 3.8) is 0 Å². The third-order valence-electron chi connectivity index (χ3n) is 4.22. The van der Waals surface area contributed by atoms with Crippen molar-refractivity contribution in [3.05, 3.63) is 53.1 Å². The van der Waals surface area contributed by atoms with Gasteiger partial charge in [0, 0.05) is 30.6 Å². The van der Waals surface area contributed by atoms with Gasteiger partial charge >= 0.3 is 6.03 Å². The maximum absolute atomic E-state index is 12.8. The van der Waals surface area contributed by atoms with E-state index in [1.165, 1.54) is 14.2 Å². The van der Waals surface area contributed by atoms with Gasteiger partial charge in [0.15, 0.2) is 5.75 Å². The molecule has 1 aliphatic rings. The number of amides is 3. The van der Waals surface area contributed by atoms with Crippen LogP contribution < -0.4 is 15.0 Å². The summed E-state index contributed by atoms with van der Waals surface area (Å²) >= 11 is 6.13. The molecule has 0 radical (unpaired) electrons. The number of hydroxylamine groups is 2. The summed E-state index contributed by atoms with van der Waals surface area (Å²) in [6.07, 6.45) is 0.124. The number of rotatable bonds is 4. The van der Waals surface area contributed by atoms with Gasteiger partial charge in [-0.05, 0) is 24.3 Å². The van der Waals surface area contributed by atoms with E-state index in [9.17, 15) is 9.59 Å². The number of hydrogen-bond acceptors (Lipinski definition) is 4. The van der Waals surface area contributed by atoms with Gasteiger partial charge in [-0.2, -0.15) is 0 Å². The fraction of sp³-hybridized carbons (Fsp3) is 0.263. The number of para-hydroxylation sites is 1. The number of halogens is 1. The molecule has 0 saturated heterocycles. The highest BCUT2D eigenvalue weighted by atomic mass is 35.5. The molecule has 0 spiro atoms. The van der Waals surface area contributed by atoms with Crippen LogP contribution in [0.4, 0.5) is 10.5 Å². The summed E-state index contributed by atoms with van der Waals surface area (Å²) in [6.45, 7) is 0.502. The maximum atomic E-state index is 12.8. The van der Waals surface area contributed by atoms with Gasteiger partial charge in [0.1, 0.15) is 5.75 Å². The highest BCUT2D eigenvalue weighted by Gasteiger charge is 2.25. The molecular weight excluding hydrogens is 370 g/mol. The molecule has 0 aliphatic carbocycles. The van der Waals surface area contributed by atoms with Gasteiger partial charge in [-0.25, -0.2) is 9.86 Å². The van der Waals surface area contributed by atoms with Crippen LogP contribution in [0.5, 0.6) is 11.5 Å². The Hall–Kier alpha value is -2.77. The quantitative estimate of drug-likeness (QED) is 0.811. The van der Waals surface area contributed by atoms with Gasteiger partial charge in [-0.3, -0.25) is 14.5 Å². The van der Waals surface area contributed by atoms with Crippen molar-refractivity contribution in [1.82, 2.24) is 10.4 Å². The van der Waals surface area contributed by atoms with Crippen molar-refractivity contribution in [2.24, 2.45) is 0 Å². The lowest BCUT2D eigenvalue weighted by Gasteiger charge is -2.23. The molecule has 1 aliphatic heterocycles. The molecular formula is C19H20ClN3O4. The van der Waals surface area contributed by atoms with Gasteiger partial charge < -0.3 is 10.1 Å². The van der Waals surface area contributed by atoms with E-state index < -0.39 is 0 Å². The summed E-state index contributed by atoms with van der Waals surface area (Å²) in [7, 11) is 2.93. The van der Waals surface area contributed by atoms with Crippen molar-refractivity contribution in [1.29, 1.82) is 0 Å². The monoisotopic (exact) mass is 389 g/mol. The highest BCUT2D eigenvalue weighted by molar-refractivity contribution is 6.31. The molecule has 0 atom stereocenters. The lowest BCUT2D eigenvalue weighted by Crippen LogP contribution is -2.41. The molecule has 0 unspecified atom stereocenters. The zero-order valence-electron chi connectivity index (χ0n) is 15.1. The van der Waals surface area contributed by atoms with Crippen LogP contribution in [-0.2, 0) is 16.2 Å². The Labute approximate surface area is 162 Å². The normalized spacial score (nSPS) is 12.3. The van der Waals surface area contributed by atoms with Crippen LogP contribution in [0.3, 0.4) is 0 Å². The second-order valence-electron chi connectivity index (χ2n) is 5.96. The summed E-state index contributed by atoms with van der Waals surface area (Å²) in [4.78, 5) is 31.0. The van der Waals surface area contributed by atoms with Gasteiger partial charge in [0.25, 0.3) is 0 Å². The minimum Gasteiger partial charge on any atom is -0.455 e. The smallest absolute Gasteiger partial charge is 0.322 e. The third-order valence-corrected chi connectivity index (χ3v) is 4.45. The predicted octanol–water partition coefficient (Wildman–Crippen LogP) is 3.57. The van der Waals surface area contributed by atoms with Crippen LogP contribution in [0.1, 0.15) is 12.0 Å². The number of ether oxygens (including phenoxy) is 1. The Bertz CT molecular complexity index is 859. The van der Waals surface area contributed by atoms with Crippen LogP contribution >= 0.6 is 11.6 Å². The zero-order valence-corrected chi connectivity index (χ0v) is 15.8. The number of hydrogen-bond donors (Lipinski definition) is 1. The van der Waals surface area contributed by atoms with Crippen LogP contribution in [0, 0.1) is 0 Å². The third kappa shape index (κ3) is 4.32. The van der Waals surface area contributed by atoms with Crippen LogP contribution in [0.25, 0.3) is 0 Å². The Morgan fingerprint density at radius 1 is 1.26 bits per heavy atom. The molecule has 142 valence electrons. The molecule has 2 aromatic rings. The molecule has 0 fully saturated rings. The SMILES string of the molecule is CON(C)C(=O)CCNC(=O)N1Cc2ccccc2Oc2ccc(Cl)cc21. The topological polar surface area (TPSA) is 71.1 Å². The molecule has 1 heterocycles. The Kier molecular flexibility index (Phi) is 5.83. The summed E-state index contributed by atoms with van der Waals surface area (Å²) in [5.74, 6) is 0.994. The van der Waals surface area contributed by atoms with E-state index in [4.69, 9.17) is 21.2 Å². The molecule has 1 N–H and O–H groups in total. The second kappa shape index (κ2) is 8.28. The summed E-state index contributed by atoms with van der Waals surface area (Å²) < 4.78 is 5.97.